The molecule has 1 heterocycles. The smallest absolute Gasteiger partial charge is 0.0883 e. The molecule has 2 nitrogen and oxygen atoms in total. The van der Waals surface area contributed by atoms with Crippen molar-refractivity contribution in [2.24, 2.45) is 5.73 Å². The molecular weight excluding hydrogens is 138 g/mol. The van der Waals surface area contributed by atoms with E-state index in [0.29, 0.717) is 13.2 Å². The van der Waals surface area contributed by atoms with Gasteiger partial charge >= 0.3 is 0 Å². The van der Waals surface area contributed by atoms with Gasteiger partial charge in [-0.25, -0.2) is 0 Å². The molecule has 0 radical (unpaired) electrons. The first-order valence-electron chi connectivity index (χ1n) is 3.73. The van der Waals surface area contributed by atoms with E-state index in [-0.39, 0.29) is 5.54 Å². The summed E-state index contributed by atoms with van der Waals surface area (Å²) in [7, 11) is 0. The second-order valence-electron chi connectivity index (χ2n) is 3.01. The average Bonchev–Trinajstić information content (AvgIpc) is 2.02. The first kappa shape index (κ1) is 6.83. The van der Waals surface area contributed by atoms with Crippen LogP contribution in [0.25, 0.3) is 0 Å². The van der Waals surface area contributed by atoms with Gasteiger partial charge in [0, 0.05) is 0 Å². The van der Waals surface area contributed by atoms with Crippen LogP contribution in [0.1, 0.15) is 5.56 Å². The summed E-state index contributed by atoms with van der Waals surface area (Å²) < 4.78 is 5.07. The van der Waals surface area contributed by atoms with E-state index in [1.807, 2.05) is 30.3 Å². The minimum absolute atomic E-state index is 0.207. The van der Waals surface area contributed by atoms with Crippen molar-refractivity contribution in [1.82, 2.24) is 0 Å². The van der Waals surface area contributed by atoms with E-state index in [1.54, 1.807) is 0 Å². The lowest BCUT2D eigenvalue weighted by Gasteiger charge is -2.38. The topological polar surface area (TPSA) is 35.2 Å². The SMILES string of the molecule is NC1(c2ccccc2)COC1. The van der Waals surface area contributed by atoms with Crippen LogP contribution in [0.2, 0.25) is 0 Å². The summed E-state index contributed by atoms with van der Waals surface area (Å²) in [4.78, 5) is 0. The monoisotopic (exact) mass is 149 g/mol. The molecule has 58 valence electrons. The van der Waals surface area contributed by atoms with Crippen molar-refractivity contribution in [3.63, 3.8) is 0 Å². The lowest BCUT2D eigenvalue weighted by Crippen LogP contribution is -2.54. The fourth-order valence-electron chi connectivity index (χ4n) is 1.26. The molecule has 0 saturated carbocycles. The molecule has 0 bridgehead atoms. The van der Waals surface area contributed by atoms with Gasteiger partial charge in [0.1, 0.15) is 0 Å². The van der Waals surface area contributed by atoms with Gasteiger partial charge < -0.3 is 10.5 Å². The predicted octanol–water partition coefficient (Wildman–Crippen LogP) is 0.871. The Morgan fingerprint density at radius 2 is 1.82 bits per heavy atom. The fraction of sp³-hybridized carbons (Fsp3) is 0.333. The third kappa shape index (κ3) is 1.04. The number of hydrogen-bond donors (Lipinski definition) is 1. The van der Waals surface area contributed by atoms with E-state index in [0.717, 1.165) is 0 Å². The predicted molar refractivity (Wildman–Crippen MR) is 43.1 cm³/mol. The van der Waals surface area contributed by atoms with Crippen LogP contribution in [0.3, 0.4) is 0 Å². The van der Waals surface area contributed by atoms with Crippen molar-refractivity contribution >= 4 is 0 Å². The molecule has 2 rings (SSSR count). The van der Waals surface area contributed by atoms with Gasteiger partial charge in [-0.15, -0.1) is 0 Å². The Morgan fingerprint density at radius 3 is 2.27 bits per heavy atom. The maximum Gasteiger partial charge on any atom is 0.0883 e. The number of ether oxygens (including phenoxy) is 1. The van der Waals surface area contributed by atoms with Gasteiger partial charge in [0.25, 0.3) is 0 Å². The van der Waals surface area contributed by atoms with E-state index in [4.69, 9.17) is 10.5 Å². The minimum Gasteiger partial charge on any atom is -0.377 e. The molecule has 1 aliphatic heterocycles. The number of benzene rings is 1. The average molecular weight is 149 g/mol. The number of hydrogen-bond acceptors (Lipinski definition) is 2. The highest BCUT2D eigenvalue weighted by Gasteiger charge is 2.35. The van der Waals surface area contributed by atoms with Crippen LogP contribution >= 0.6 is 0 Å². The van der Waals surface area contributed by atoms with Crippen molar-refractivity contribution in [2.45, 2.75) is 5.54 Å². The molecule has 11 heavy (non-hydrogen) atoms. The van der Waals surface area contributed by atoms with E-state index in [2.05, 4.69) is 0 Å². The zero-order valence-corrected chi connectivity index (χ0v) is 6.29. The Morgan fingerprint density at radius 1 is 1.18 bits per heavy atom. The van der Waals surface area contributed by atoms with Crippen LogP contribution in [0.4, 0.5) is 0 Å². The molecule has 1 aromatic carbocycles. The quantitative estimate of drug-likeness (QED) is 0.643. The summed E-state index contributed by atoms with van der Waals surface area (Å²) in [5, 5.41) is 0. The maximum atomic E-state index is 6.00. The van der Waals surface area contributed by atoms with Crippen LogP contribution in [0, 0.1) is 0 Å². The molecule has 0 aromatic heterocycles. The first-order chi connectivity index (χ1) is 5.31. The Bertz CT molecular complexity index is 241. The van der Waals surface area contributed by atoms with E-state index in [1.165, 1.54) is 5.56 Å². The van der Waals surface area contributed by atoms with Crippen LogP contribution in [-0.2, 0) is 10.3 Å². The van der Waals surface area contributed by atoms with Gasteiger partial charge in [-0.2, -0.15) is 0 Å². The third-order valence-electron chi connectivity index (χ3n) is 2.07. The highest BCUT2D eigenvalue weighted by atomic mass is 16.5. The molecule has 0 atom stereocenters. The fourth-order valence-corrected chi connectivity index (χ4v) is 1.26. The first-order valence-corrected chi connectivity index (χ1v) is 3.73. The summed E-state index contributed by atoms with van der Waals surface area (Å²) in [6, 6.07) is 10.1. The van der Waals surface area contributed by atoms with Gasteiger partial charge in [0.15, 0.2) is 0 Å². The third-order valence-corrected chi connectivity index (χ3v) is 2.07. The molecule has 1 saturated heterocycles. The van der Waals surface area contributed by atoms with Crippen LogP contribution in [-0.4, -0.2) is 13.2 Å². The van der Waals surface area contributed by atoms with Gasteiger partial charge in [0.05, 0.1) is 18.8 Å². The summed E-state index contributed by atoms with van der Waals surface area (Å²) in [5.74, 6) is 0. The second-order valence-corrected chi connectivity index (χ2v) is 3.01. The Labute approximate surface area is 66.0 Å². The van der Waals surface area contributed by atoms with E-state index >= 15 is 0 Å². The largest absolute Gasteiger partial charge is 0.377 e. The molecule has 1 aromatic rings. The minimum atomic E-state index is -0.207. The summed E-state index contributed by atoms with van der Waals surface area (Å²) in [6.45, 7) is 1.30. The van der Waals surface area contributed by atoms with E-state index in [9.17, 15) is 0 Å². The molecule has 2 heteroatoms. The molecule has 0 amide bonds. The van der Waals surface area contributed by atoms with Crippen molar-refractivity contribution in [3.05, 3.63) is 35.9 Å². The number of rotatable bonds is 1. The second kappa shape index (κ2) is 2.32. The van der Waals surface area contributed by atoms with Crippen molar-refractivity contribution in [1.29, 1.82) is 0 Å². The van der Waals surface area contributed by atoms with Crippen LogP contribution in [0.15, 0.2) is 30.3 Å². The molecule has 0 unspecified atom stereocenters. The molecule has 0 spiro atoms. The van der Waals surface area contributed by atoms with Crippen LogP contribution < -0.4 is 5.73 Å². The molecular formula is C9H11NO. The van der Waals surface area contributed by atoms with Gasteiger partial charge in [0.2, 0.25) is 0 Å². The number of nitrogens with two attached hydrogens (primary N) is 1. The summed E-state index contributed by atoms with van der Waals surface area (Å²) in [6.07, 6.45) is 0. The van der Waals surface area contributed by atoms with Crippen molar-refractivity contribution < 1.29 is 4.74 Å². The van der Waals surface area contributed by atoms with Crippen LogP contribution in [0.5, 0.6) is 0 Å². The Hall–Kier alpha value is -0.860. The van der Waals surface area contributed by atoms with Gasteiger partial charge in [-0.1, -0.05) is 30.3 Å². The highest BCUT2D eigenvalue weighted by Crippen LogP contribution is 2.25. The lowest BCUT2D eigenvalue weighted by molar-refractivity contribution is -0.0569. The normalized spacial score (nSPS) is 20.8. The molecule has 2 N–H and O–H groups in total. The molecule has 1 fully saturated rings. The maximum absolute atomic E-state index is 6.00. The zero-order chi connectivity index (χ0) is 7.73. The Kier molecular flexibility index (Phi) is 1.44. The lowest BCUT2D eigenvalue weighted by atomic mass is 9.89. The van der Waals surface area contributed by atoms with Crippen molar-refractivity contribution in [2.75, 3.05) is 13.2 Å². The summed E-state index contributed by atoms with van der Waals surface area (Å²) in [5.41, 5.74) is 6.96. The van der Waals surface area contributed by atoms with Gasteiger partial charge in [-0.05, 0) is 5.56 Å². The Balaban J connectivity index is 2.29. The van der Waals surface area contributed by atoms with Crippen molar-refractivity contribution in [3.8, 4) is 0 Å². The highest BCUT2D eigenvalue weighted by molar-refractivity contribution is 5.25. The molecule has 1 aliphatic rings. The summed E-state index contributed by atoms with van der Waals surface area (Å²) >= 11 is 0. The van der Waals surface area contributed by atoms with E-state index < -0.39 is 0 Å². The standard InChI is InChI=1S/C9H11NO/c10-9(6-11-7-9)8-4-2-1-3-5-8/h1-5H,6-7,10H2. The molecule has 0 aliphatic carbocycles. The van der Waals surface area contributed by atoms with Gasteiger partial charge in [-0.3, -0.25) is 0 Å². The zero-order valence-electron chi connectivity index (χ0n) is 6.29.